The van der Waals surface area contributed by atoms with Gasteiger partial charge in [0.15, 0.2) is 11.9 Å². The van der Waals surface area contributed by atoms with Gasteiger partial charge < -0.3 is 41.6 Å². The number of hydrogen-bond acceptors (Lipinski definition) is 10. The number of nitrogens with one attached hydrogen (secondary N) is 2. The predicted molar refractivity (Wildman–Crippen MR) is 75.7 cm³/mol. The van der Waals surface area contributed by atoms with E-state index in [1.54, 1.807) is 0 Å². The molecule has 0 spiro atoms. The quantitative estimate of drug-likeness (QED) is 0.145. The fourth-order valence-electron chi connectivity index (χ4n) is 1.80. The summed E-state index contributed by atoms with van der Waals surface area (Å²) in [4.78, 5) is 23.3. The molecular formula is C12H20N4O7. The highest BCUT2D eigenvalue weighted by Crippen LogP contribution is 2.19. The predicted octanol–water partition coefficient (Wildman–Crippen LogP) is -3.75. The molecule has 0 aromatic carbocycles. The molecule has 130 valence electrons. The van der Waals surface area contributed by atoms with Gasteiger partial charge >= 0.3 is 5.97 Å². The van der Waals surface area contributed by atoms with E-state index in [-0.39, 0.29) is 6.61 Å². The average Bonchev–Trinajstić information content (AvgIpc) is 2.80. The molecule has 1 fully saturated rings. The van der Waals surface area contributed by atoms with E-state index < -0.39 is 60.1 Å². The molecule has 1 saturated heterocycles. The molecule has 4 unspecified atom stereocenters. The van der Waals surface area contributed by atoms with E-state index in [0.29, 0.717) is 0 Å². The van der Waals surface area contributed by atoms with Crippen molar-refractivity contribution >= 4 is 17.6 Å². The number of esters is 1. The number of carbonyl (C=O) groups is 2. The van der Waals surface area contributed by atoms with Gasteiger partial charge in [-0.2, -0.15) is 0 Å². The molecule has 23 heavy (non-hydrogen) atoms. The van der Waals surface area contributed by atoms with Crippen molar-refractivity contribution in [1.82, 2.24) is 5.32 Å². The first kappa shape index (κ1) is 18.8. The largest absolute Gasteiger partial charge is 0.461 e. The molecule has 0 bridgehead atoms. The third-order valence-corrected chi connectivity index (χ3v) is 3.10. The van der Waals surface area contributed by atoms with Crippen LogP contribution in [0.15, 0.2) is 11.4 Å². The number of amides is 1. The number of rotatable bonds is 6. The monoisotopic (exact) mass is 332 g/mol. The Labute approximate surface area is 131 Å². The summed E-state index contributed by atoms with van der Waals surface area (Å²) in [5, 5.41) is 37.8. The lowest BCUT2D eigenvalue weighted by Crippen LogP contribution is -2.46. The molecule has 1 amide bonds. The van der Waals surface area contributed by atoms with E-state index in [1.165, 1.54) is 6.92 Å². The van der Waals surface area contributed by atoms with Gasteiger partial charge in [-0.25, -0.2) is 4.79 Å². The highest BCUT2D eigenvalue weighted by Gasteiger charge is 2.43. The van der Waals surface area contributed by atoms with Crippen molar-refractivity contribution in [3.05, 3.63) is 11.4 Å². The molecule has 11 heteroatoms. The highest BCUT2D eigenvalue weighted by atomic mass is 16.6. The van der Waals surface area contributed by atoms with Crippen LogP contribution in [0.4, 0.5) is 0 Å². The zero-order chi connectivity index (χ0) is 17.7. The molecule has 9 N–H and O–H groups in total. The molecule has 1 aliphatic heterocycles. The summed E-state index contributed by atoms with van der Waals surface area (Å²) in [7, 11) is 0. The topological polar surface area (TPSA) is 201 Å². The molecule has 11 nitrogen and oxygen atoms in total. The van der Waals surface area contributed by atoms with Crippen molar-refractivity contribution < 1.29 is 34.4 Å². The third kappa shape index (κ3) is 4.16. The Morgan fingerprint density at radius 3 is 2.35 bits per heavy atom. The van der Waals surface area contributed by atoms with Crippen LogP contribution in [0.5, 0.6) is 0 Å². The Balaban J connectivity index is 2.79. The second-order valence-corrected chi connectivity index (χ2v) is 4.66. The summed E-state index contributed by atoms with van der Waals surface area (Å²) in [5.41, 5.74) is 8.88. The summed E-state index contributed by atoms with van der Waals surface area (Å²) in [6.07, 6.45) is -5.30. The van der Waals surface area contributed by atoms with Gasteiger partial charge in [-0.1, -0.05) is 0 Å². The summed E-state index contributed by atoms with van der Waals surface area (Å²) in [6, 6.07) is 0. The van der Waals surface area contributed by atoms with Crippen molar-refractivity contribution in [2.45, 2.75) is 31.5 Å². The van der Waals surface area contributed by atoms with Crippen LogP contribution in [0.2, 0.25) is 0 Å². The molecule has 1 aliphatic rings. The molecule has 1 rings (SSSR count). The molecule has 0 aromatic rings. The van der Waals surface area contributed by atoms with Crippen molar-refractivity contribution in [2.75, 3.05) is 13.2 Å². The molecule has 0 saturated carbocycles. The maximum absolute atomic E-state index is 11.9. The van der Waals surface area contributed by atoms with Crippen LogP contribution in [0, 0.1) is 5.41 Å². The Hall–Kier alpha value is -2.21. The van der Waals surface area contributed by atoms with E-state index >= 15 is 0 Å². The molecular weight excluding hydrogens is 312 g/mol. The van der Waals surface area contributed by atoms with Crippen LogP contribution in [0.1, 0.15) is 6.92 Å². The van der Waals surface area contributed by atoms with Gasteiger partial charge in [-0.15, -0.1) is 0 Å². The minimum absolute atomic E-state index is 0.0170. The van der Waals surface area contributed by atoms with Gasteiger partial charge in [0.2, 0.25) is 0 Å². The van der Waals surface area contributed by atoms with E-state index in [4.69, 9.17) is 26.7 Å². The maximum atomic E-state index is 11.9. The first-order valence-electron chi connectivity index (χ1n) is 6.69. The van der Waals surface area contributed by atoms with E-state index in [0.717, 1.165) is 0 Å². The van der Waals surface area contributed by atoms with Crippen LogP contribution in [0.3, 0.4) is 0 Å². The number of carbonyl (C=O) groups excluding carboxylic acids is 2. The Morgan fingerprint density at radius 1 is 1.26 bits per heavy atom. The van der Waals surface area contributed by atoms with Gasteiger partial charge in [-0.05, 0) is 6.92 Å². The summed E-state index contributed by atoms with van der Waals surface area (Å²) in [6.45, 7) is 0.984. The fourth-order valence-corrected chi connectivity index (χ4v) is 1.80. The summed E-state index contributed by atoms with van der Waals surface area (Å²) >= 11 is 0. The van der Waals surface area contributed by atoms with Crippen LogP contribution in [-0.4, -0.2) is 70.7 Å². The maximum Gasteiger partial charge on any atom is 0.358 e. The standard InChI is InChI=1S/C12H20N4O7/c1-2-22-12(21)7(15)5(13)6(14)10(20)16-11-9(19)8(18)4(3-17)23-11/h4,8-9,11,15,17-19H,2-3,13-14H2,1H3,(H,16,20)/b6-5+,15-7?. The number of ether oxygens (including phenoxy) is 2. The van der Waals surface area contributed by atoms with E-state index in [9.17, 15) is 19.8 Å². The summed E-state index contributed by atoms with van der Waals surface area (Å²) in [5.74, 6) is -2.07. The van der Waals surface area contributed by atoms with Gasteiger partial charge in [-0.3, -0.25) is 10.2 Å². The first-order valence-corrected chi connectivity index (χ1v) is 6.69. The first-order chi connectivity index (χ1) is 10.7. The average molecular weight is 332 g/mol. The van der Waals surface area contributed by atoms with Crippen LogP contribution in [-0.2, 0) is 19.1 Å². The van der Waals surface area contributed by atoms with Crippen molar-refractivity contribution in [1.29, 1.82) is 5.41 Å². The van der Waals surface area contributed by atoms with Crippen LogP contribution >= 0.6 is 0 Å². The lowest BCUT2D eigenvalue weighted by molar-refractivity contribution is -0.135. The molecule has 0 radical (unpaired) electrons. The minimum atomic E-state index is -1.49. The normalized spacial score (nSPS) is 28.0. The molecule has 4 atom stereocenters. The zero-order valence-corrected chi connectivity index (χ0v) is 12.4. The third-order valence-electron chi connectivity index (χ3n) is 3.10. The zero-order valence-electron chi connectivity index (χ0n) is 12.4. The second kappa shape index (κ2) is 7.87. The van der Waals surface area contributed by atoms with Gasteiger partial charge in [0.1, 0.15) is 24.0 Å². The lowest BCUT2D eigenvalue weighted by atomic mass is 10.1. The van der Waals surface area contributed by atoms with Crippen LogP contribution in [0.25, 0.3) is 0 Å². The Kier molecular flexibility index (Phi) is 6.45. The van der Waals surface area contributed by atoms with E-state index in [2.05, 4.69) is 10.1 Å². The van der Waals surface area contributed by atoms with Gasteiger partial charge in [0.25, 0.3) is 5.91 Å². The second-order valence-electron chi connectivity index (χ2n) is 4.66. The van der Waals surface area contributed by atoms with Crippen molar-refractivity contribution in [2.24, 2.45) is 11.5 Å². The number of aliphatic hydroxyl groups is 3. The molecule has 0 aliphatic carbocycles. The lowest BCUT2D eigenvalue weighted by Gasteiger charge is -2.17. The number of aliphatic hydroxyl groups excluding tert-OH is 3. The molecule has 0 aromatic heterocycles. The van der Waals surface area contributed by atoms with E-state index in [1.807, 2.05) is 0 Å². The Bertz CT molecular complexity index is 522. The van der Waals surface area contributed by atoms with Gasteiger partial charge in [0, 0.05) is 0 Å². The summed E-state index contributed by atoms with van der Waals surface area (Å²) < 4.78 is 9.59. The Morgan fingerprint density at radius 2 is 1.87 bits per heavy atom. The smallest absolute Gasteiger partial charge is 0.358 e. The SMILES string of the molecule is CCOC(=O)C(=N)/C(N)=C(\N)C(=O)NC1OC(CO)C(O)C1O. The number of hydrogen-bond donors (Lipinski definition) is 7. The highest BCUT2D eigenvalue weighted by molar-refractivity contribution is 6.42. The van der Waals surface area contributed by atoms with Crippen molar-refractivity contribution in [3.8, 4) is 0 Å². The van der Waals surface area contributed by atoms with Gasteiger partial charge in [0.05, 0.1) is 18.9 Å². The fraction of sp³-hybridized carbons (Fsp3) is 0.583. The minimum Gasteiger partial charge on any atom is -0.461 e. The number of nitrogens with two attached hydrogens (primary N) is 2. The van der Waals surface area contributed by atoms with Crippen LogP contribution < -0.4 is 16.8 Å². The van der Waals surface area contributed by atoms with Crippen molar-refractivity contribution in [3.63, 3.8) is 0 Å². The molecule has 1 heterocycles.